The molecule has 7 nitrogen and oxygen atoms in total. The van der Waals surface area contributed by atoms with E-state index in [0.717, 1.165) is 18.7 Å². The second kappa shape index (κ2) is 6.00. The number of aromatic nitrogens is 2. The number of hydrogen-bond donors (Lipinski definition) is 1. The van der Waals surface area contributed by atoms with Gasteiger partial charge in [0, 0.05) is 19.0 Å². The summed E-state index contributed by atoms with van der Waals surface area (Å²) in [6, 6.07) is 1.83. The smallest absolute Gasteiger partial charge is 0.226 e. The molecule has 0 aliphatic carbocycles. The Bertz CT molecular complexity index is 654. The number of aliphatic hydroxyl groups is 1. The second-order valence-electron chi connectivity index (χ2n) is 6.05. The summed E-state index contributed by atoms with van der Waals surface area (Å²) in [5.41, 5.74) is 1.55. The maximum absolute atomic E-state index is 12.7. The number of hydrogen-bond acceptors (Lipinski definition) is 5. The van der Waals surface area contributed by atoms with Crippen molar-refractivity contribution in [3.05, 3.63) is 17.5 Å². The molecule has 0 aromatic carbocycles. The van der Waals surface area contributed by atoms with Gasteiger partial charge in [0.05, 0.1) is 36.0 Å². The van der Waals surface area contributed by atoms with Crippen LogP contribution in [0.3, 0.4) is 0 Å². The van der Waals surface area contributed by atoms with Crippen LogP contribution in [0.1, 0.15) is 30.7 Å². The molecule has 1 N–H and O–H groups in total. The number of rotatable bonds is 2. The molecule has 1 amide bonds. The van der Waals surface area contributed by atoms with E-state index in [2.05, 4.69) is 5.10 Å². The molecule has 0 saturated carbocycles. The highest BCUT2D eigenvalue weighted by Gasteiger charge is 2.32. The molecule has 3 rings (SSSR count). The SMILES string of the molecule is O=C(C1CCS(=O)(=O)CC1)N1CCCn2nc(CO)cc2C1. The third kappa shape index (κ3) is 3.17. The van der Waals surface area contributed by atoms with Gasteiger partial charge in [-0.15, -0.1) is 0 Å². The Morgan fingerprint density at radius 2 is 2.05 bits per heavy atom. The summed E-state index contributed by atoms with van der Waals surface area (Å²) in [5.74, 6) is 0.0960. The van der Waals surface area contributed by atoms with Gasteiger partial charge in [-0.2, -0.15) is 5.10 Å². The first-order chi connectivity index (χ1) is 10.5. The first-order valence-corrected chi connectivity index (χ1v) is 9.46. The van der Waals surface area contributed by atoms with Crippen LogP contribution in [0, 0.1) is 5.92 Å². The van der Waals surface area contributed by atoms with Crippen molar-refractivity contribution < 1.29 is 18.3 Å². The summed E-state index contributed by atoms with van der Waals surface area (Å²) in [7, 11) is -2.95. The van der Waals surface area contributed by atoms with E-state index >= 15 is 0 Å². The fourth-order valence-electron chi connectivity index (χ4n) is 3.18. The Morgan fingerprint density at radius 1 is 1.32 bits per heavy atom. The van der Waals surface area contributed by atoms with Crippen molar-refractivity contribution in [2.75, 3.05) is 18.1 Å². The van der Waals surface area contributed by atoms with Gasteiger partial charge in [0.2, 0.25) is 5.91 Å². The number of aliphatic hydroxyl groups excluding tert-OH is 1. The van der Waals surface area contributed by atoms with Gasteiger partial charge in [0.25, 0.3) is 0 Å². The maximum atomic E-state index is 12.7. The molecular formula is C14H21N3O4S. The van der Waals surface area contributed by atoms with Crippen LogP contribution in [0.15, 0.2) is 6.07 Å². The normalized spacial score (nSPS) is 22.1. The predicted octanol–water partition coefficient (Wildman–Crippen LogP) is -0.0675. The van der Waals surface area contributed by atoms with Gasteiger partial charge in [-0.1, -0.05) is 0 Å². The number of amides is 1. The first kappa shape index (κ1) is 15.5. The minimum atomic E-state index is -2.95. The lowest BCUT2D eigenvalue weighted by molar-refractivity contribution is -0.136. The topological polar surface area (TPSA) is 92.5 Å². The van der Waals surface area contributed by atoms with E-state index in [1.165, 1.54) is 0 Å². The zero-order valence-corrected chi connectivity index (χ0v) is 13.3. The van der Waals surface area contributed by atoms with E-state index < -0.39 is 9.84 Å². The van der Waals surface area contributed by atoms with Crippen LogP contribution >= 0.6 is 0 Å². The number of carbonyl (C=O) groups excluding carboxylic acids is 1. The van der Waals surface area contributed by atoms with Crippen LogP contribution in [0.5, 0.6) is 0 Å². The average Bonchev–Trinajstić information content (AvgIpc) is 2.77. The van der Waals surface area contributed by atoms with E-state index in [9.17, 15) is 18.3 Å². The largest absolute Gasteiger partial charge is 0.390 e. The van der Waals surface area contributed by atoms with Crippen molar-refractivity contribution in [1.29, 1.82) is 0 Å². The lowest BCUT2D eigenvalue weighted by Gasteiger charge is -2.28. The number of carbonyl (C=O) groups is 1. The zero-order chi connectivity index (χ0) is 15.7. The van der Waals surface area contributed by atoms with Crippen LogP contribution in [-0.4, -0.2) is 52.2 Å². The van der Waals surface area contributed by atoms with Crippen molar-refractivity contribution in [2.24, 2.45) is 5.92 Å². The zero-order valence-electron chi connectivity index (χ0n) is 12.4. The molecular weight excluding hydrogens is 306 g/mol. The minimum absolute atomic E-state index is 0.0510. The quantitative estimate of drug-likeness (QED) is 0.821. The lowest BCUT2D eigenvalue weighted by Crippen LogP contribution is -2.39. The Morgan fingerprint density at radius 3 is 2.73 bits per heavy atom. The van der Waals surface area contributed by atoms with Crippen molar-refractivity contribution in [3.63, 3.8) is 0 Å². The maximum Gasteiger partial charge on any atom is 0.226 e. The first-order valence-electron chi connectivity index (χ1n) is 7.64. The Kier molecular flexibility index (Phi) is 4.22. The van der Waals surface area contributed by atoms with Crippen molar-refractivity contribution in [1.82, 2.24) is 14.7 Å². The van der Waals surface area contributed by atoms with Gasteiger partial charge in [0.15, 0.2) is 0 Å². The van der Waals surface area contributed by atoms with E-state index in [1.54, 1.807) is 0 Å². The van der Waals surface area contributed by atoms with Crippen LogP contribution in [-0.2, 0) is 34.3 Å². The highest BCUT2D eigenvalue weighted by molar-refractivity contribution is 7.91. The number of aryl methyl sites for hydroxylation is 1. The summed E-state index contributed by atoms with van der Waals surface area (Å²) in [6.45, 7) is 1.78. The van der Waals surface area contributed by atoms with Gasteiger partial charge < -0.3 is 10.0 Å². The highest BCUT2D eigenvalue weighted by Crippen LogP contribution is 2.23. The summed E-state index contributed by atoms with van der Waals surface area (Å²) in [5, 5.41) is 13.5. The Balaban J connectivity index is 1.70. The van der Waals surface area contributed by atoms with Gasteiger partial charge in [-0.25, -0.2) is 8.42 Å². The van der Waals surface area contributed by atoms with Crippen molar-refractivity contribution in [2.45, 2.75) is 39.0 Å². The van der Waals surface area contributed by atoms with E-state index in [1.807, 2.05) is 15.6 Å². The monoisotopic (exact) mass is 327 g/mol. The summed E-state index contributed by atoms with van der Waals surface area (Å²) in [6.07, 6.45) is 1.67. The standard InChI is InChI=1S/C14H21N3O4S/c18-10-12-8-13-9-16(4-1-5-17(13)15-12)14(19)11-2-6-22(20,21)7-3-11/h8,11,18H,1-7,9-10H2. The average molecular weight is 327 g/mol. The molecule has 22 heavy (non-hydrogen) atoms. The fourth-order valence-corrected chi connectivity index (χ4v) is 4.67. The minimum Gasteiger partial charge on any atom is -0.390 e. The molecule has 1 saturated heterocycles. The molecule has 0 radical (unpaired) electrons. The van der Waals surface area contributed by atoms with Crippen LogP contribution in [0.25, 0.3) is 0 Å². The number of nitrogens with zero attached hydrogens (tertiary/aromatic N) is 3. The van der Waals surface area contributed by atoms with Crippen LogP contribution in [0.2, 0.25) is 0 Å². The summed E-state index contributed by atoms with van der Waals surface area (Å²) >= 11 is 0. The summed E-state index contributed by atoms with van der Waals surface area (Å²) < 4.78 is 24.8. The van der Waals surface area contributed by atoms with Crippen molar-refractivity contribution >= 4 is 15.7 Å². The summed E-state index contributed by atoms with van der Waals surface area (Å²) in [4.78, 5) is 14.5. The second-order valence-corrected chi connectivity index (χ2v) is 8.35. The van der Waals surface area contributed by atoms with E-state index in [0.29, 0.717) is 31.6 Å². The fraction of sp³-hybridized carbons (Fsp3) is 0.714. The molecule has 1 aromatic heterocycles. The molecule has 1 fully saturated rings. The van der Waals surface area contributed by atoms with Crippen LogP contribution < -0.4 is 0 Å². The van der Waals surface area contributed by atoms with E-state index in [-0.39, 0.29) is 29.9 Å². The number of sulfone groups is 1. The Hall–Kier alpha value is -1.41. The molecule has 2 aliphatic rings. The molecule has 0 spiro atoms. The number of fused-ring (bicyclic) bond motifs is 1. The predicted molar refractivity (Wildman–Crippen MR) is 79.6 cm³/mol. The lowest BCUT2D eigenvalue weighted by atomic mass is 10.0. The molecule has 3 heterocycles. The molecule has 0 atom stereocenters. The van der Waals surface area contributed by atoms with Crippen LogP contribution in [0.4, 0.5) is 0 Å². The van der Waals surface area contributed by atoms with Gasteiger partial charge in [0.1, 0.15) is 9.84 Å². The molecule has 1 aromatic rings. The highest BCUT2D eigenvalue weighted by atomic mass is 32.2. The molecule has 122 valence electrons. The third-order valence-corrected chi connectivity index (χ3v) is 6.16. The molecule has 8 heteroatoms. The van der Waals surface area contributed by atoms with E-state index in [4.69, 9.17) is 0 Å². The van der Waals surface area contributed by atoms with Gasteiger partial charge in [-0.3, -0.25) is 9.48 Å². The van der Waals surface area contributed by atoms with Gasteiger partial charge in [-0.05, 0) is 25.3 Å². The molecule has 2 aliphatic heterocycles. The molecule has 0 unspecified atom stereocenters. The third-order valence-electron chi connectivity index (χ3n) is 4.44. The Labute approximate surface area is 129 Å². The van der Waals surface area contributed by atoms with Gasteiger partial charge >= 0.3 is 0 Å². The molecule has 0 bridgehead atoms. The van der Waals surface area contributed by atoms with Crippen molar-refractivity contribution in [3.8, 4) is 0 Å².